The van der Waals surface area contributed by atoms with E-state index in [1.807, 2.05) is 0 Å². The van der Waals surface area contributed by atoms with E-state index in [4.69, 9.17) is 4.74 Å². The number of aromatic nitrogens is 2. The first kappa shape index (κ1) is 19.4. The molecule has 1 saturated heterocycles. The van der Waals surface area contributed by atoms with Gasteiger partial charge < -0.3 is 9.64 Å². The lowest BCUT2D eigenvalue weighted by atomic mass is 10.1. The predicted molar refractivity (Wildman–Crippen MR) is 92.5 cm³/mol. The maximum absolute atomic E-state index is 12.6. The number of ether oxygens (including phenoxy) is 1. The van der Waals surface area contributed by atoms with Gasteiger partial charge in [0.1, 0.15) is 5.75 Å². The molecular weight excluding hydrogens is 383 g/mol. The van der Waals surface area contributed by atoms with Crippen molar-refractivity contribution in [3.05, 3.63) is 47.8 Å². The van der Waals surface area contributed by atoms with Gasteiger partial charge in [-0.2, -0.15) is 18.3 Å². The Morgan fingerprint density at radius 3 is 2.63 bits per heavy atom. The van der Waals surface area contributed by atoms with Crippen LogP contribution in [0.15, 0.2) is 36.7 Å². The standard InChI is InChI=1S/C17H18F3N3O3S/c1-22-9-12(8-21-22)15-11-27(25)7-6-23(15)16(24)10-26-14-4-2-13(3-5-14)17(18,19)20/h2-5,8-9,15H,6-7,10-11H2,1H3/t15-,27-/m1/s1. The van der Waals surface area contributed by atoms with Gasteiger partial charge in [0, 0.05) is 47.7 Å². The third-order valence-corrected chi connectivity index (χ3v) is 5.58. The van der Waals surface area contributed by atoms with Gasteiger partial charge >= 0.3 is 6.18 Å². The quantitative estimate of drug-likeness (QED) is 0.788. The summed E-state index contributed by atoms with van der Waals surface area (Å²) in [6.45, 7) is 0.0101. The van der Waals surface area contributed by atoms with Crippen LogP contribution < -0.4 is 4.74 Å². The number of hydrogen-bond donors (Lipinski definition) is 0. The number of benzene rings is 1. The molecule has 0 radical (unpaired) electrons. The van der Waals surface area contributed by atoms with Crippen LogP contribution in [-0.2, 0) is 28.8 Å². The van der Waals surface area contributed by atoms with E-state index < -0.39 is 22.5 Å². The minimum Gasteiger partial charge on any atom is -0.484 e. The largest absolute Gasteiger partial charge is 0.484 e. The summed E-state index contributed by atoms with van der Waals surface area (Å²) in [5.74, 6) is 0.552. The monoisotopic (exact) mass is 401 g/mol. The minimum atomic E-state index is -4.42. The molecule has 10 heteroatoms. The van der Waals surface area contributed by atoms with Gasteiger partial charge in [0.25, 0.3) is 5.91 Å². The van der Waals surface area contributed by atoms with E-state index in [2.05, 4.69) is 5.10 Å². The van der Waals surface area contributed by atoms with Crippen LogP contribution in [0.5, 0.6) is 5.75 Å². The molecular formula is C17H18F3N3O3S. The molecule has 27 heavy (non-hydrogen) atoms. The molecule has 0 unspecified atom stereocenters. The van der Waals surface area contributed by atoms with Gasteiger partial charge in [-0.15, -0.1) is 0 Å². The van der Waals surface area contributed by atoms with Crippen LogP contribution in [0.2, 0.25) is 0 Å². The van der Waals surface area contributed by atoms with Crippen molar-refractivity contribution in [2.45, 2.75) is 12.2 Å². The molecule has 2 heterocycles. The average molecular weight is 401 g/mol. The van der Waals surface area contributed by atoms with Gasteiger partial charge in [0.15, 0.2) is 6.61 Å². The van der Waals surface area contributed by atoms with Crippen molar-refractivity contribution < 1.29 is 26.9 Å². The Labute approximate surface area is 156 Å². The second kappa shape index (κ2) is 7.71. The molecule has 1 aliphatic rings. The summed E-state index contributed by atoms with van der Waals surface area (Å²) in [7, 11) is 0.725. The SMILES string of the molecule is Cn1cc([C@H]2C[S@](=O)CCN2C(=O)COc2ccc(C(F)(F)F)cc2)cn1. The number of hydrogen-bond acceptors (Lipinski definition) is 4. The molecule has 0 N–H and O–H groups in total. The van der Waals surface area contributed by atoms with Crippen LogP contribution in [-0.4, -0.2) is 49.5 Å². The second-order valence-corrected chi connectivity index (χ2v) is 7.79. The van der Waals surface area contributed by atoms with Gasteiger partial charge in [0.05, 0.1) is 17.8 Å². The average Bonchev–Trinajstić information content (AvgIpc) is 3.05. The highest BCUT2D eigenvalue weighted by Crippen LogP contribution is 2.30. The third-order valence-electron chi connectivity index (χ3n) is 4.25. The number of aryl methyl sites for hydroxylation is 1. The maximum atomic E-state index is 12.6. The number of alkyl halides is 3. The van der Waals surface area contributed by atoms with E-state index in [0.717, 1.165) is 17.7 Å². The minimum absolute atomic E-state index is 0.176. The summed E-state index contributed by atoms with van der Waals surface area (Å²) >= 11 is 0. The first-order valence-electron chi connectivity index (χ1n) is 8.17. The Hall–Kier alpha value is -2.36. The lowest BCUT2D eigenvalue weighted by Crippen LogP contribution is -2.46. The fraction of sp³-hybridized carbons (Fsp3) is 0.412. The van der Waals surface area contributed by atoms with Crippen LogP contribution in [0, 0.1) is 0 Å². The Bertz CT molecular complexity index is 836. The molecule has 1 amide bonds. The van der Waals surface area contributed by atoms with Crippen LogP contribution >= 0.6 is 0 Å². The zero-order chi connectivity index (χ0) is 19.6. The Balaban J connectivity index is 1.66. The van der Waals surface area contributed by atoms with Crippen molar-refractivity contribution in [2.24, 2.45) is 7.05 Å². The molecule has 0 bridgehead atoms. The topological polar surface area (TPSA) is 64.4 Å². The Kier molecular flexibility index (Phi) is 5.54. The highest BCUT2D eigenvalue weighted by Gasteiger charge is 2.32. The van der Waals surface area contributed by atoms with E-state index >= 15 is 0 Å². The molecule has 1 fully saturated rings. The smallest absolute Gasteiger partial charge is 0.416 e. The van der Waals surface area contributed by atoms with E-state index in [0.29, 0.717) is 18.1 Å². The fourth-order valence-corrected chi connectivity index (χ4v) is 4.15. The molecule has 1 aromatic heterocycles. The molecule has 0 spiro atoms. The van der Waals surface area contributed by atoms with Crippen molar-refractivity contribution in [2.75, 3.05) is 24.7 Å². The molecule has 1 aliphatic heterocycles. The molecule has 0 saturated carbocycles. The number of halogens is 3. The van der Waals surface area contributed by atoms with Gasteiger partial charge in [-0.1, -0.05) is 0 Å². The summed E-state index contributed by atoms with van der Waals surface area (Å²) in [6.07, 6.45) is -1.02. The van der Waals surface area contributed by atoms with E-state index in [9.17, 15) is 22.2 Å². The molecule has 146 valence electrons. The second-order valence-electron chi connectivity index (χ2n) is 6.17. The first-order chi connectivity index (χ1) is 12.7. The summed E-state index contributed by atoms with van der Waals surface area (Å²) < 4.78 is 56.6. The number of rotatable bonds is 4. The Morgan fingerprint density at radius 1 is 1.33 bits per heavy atom. The molecule has 1 aromatic carbocycles. The zero-order valence-corrected chi connectivity index (χ0v) is 15.3. The van der Waals surface area contributed by atoms with Gasteiger partial charge in [-0.05, 0) is 24.3 Å². The van der Waals surface area contributed by atoms with Crippen molar-refractivity contribution >= 4 is 16.7 Å². The van der Waals surface area contributed by atoms with Crippen molar-refractivity contribution in [1.82, 2.24) is 14.7 Å². The third kappa shape index (κ3) is 4.68. The van der Waals surface area contributed by atoms with Crippen LogP contribution in [0.4, 0.5) is 13.2 Å². The molecule has 6 nitrogen and oxygen atoms in total. The molecule has 0 aliphatic carbocycles. The van der Waals surface area contributed by atoms with Crippen molar-refractivity contribution in [3.63, 3.8) is 0 Å². The van der Waals surface area contributed by atoms with Crippen molar-refractivity contribution in [3.8, 4) is 5.75 Å². The summed E-state index contributed by atoms with van der Waals surface area (Å²) in [5.41, 5.74) is 0.00441. The van der Waals surface area contributed by atoms with Gasteiger partial charge in [-0.3, -0.25) is 13.7 Å². The molecule has 3 rings (SSSR count). The predicted octanol–water partition coefficient (Wildman–Crippen LogP) is 2.15. The number of carbonyl (C=O) groups is 1. The number of nitrogens with zero attached hydrogens (tertiary/aromatic N) is 3. The zero-order valence-electron chi connectivity index (χ0n) is 14.5. The lowest BCUT2D eigenvalue weighted by Gasteiger charge is -2.34. The van der Waals surface area contributed by atoms with Crippen molar-refractivity contribution in [1.29, 1.82) is 0 Å². The normalized spacial score (nSPS) is 20.5. The van der Waals surface area contributed by atoms with Crippen LogP contribution in [0.1, 0.15) is 17.2 Å². The summed E-state index contributed by atoms with van der Waals surface area (Å²) in [6, 6.07) is 3.81. The van der Waals surface area contributed by atoms with E-state index in [1.165, 1.54) is 12.1 Å². The Morgan fingerprint density at radius 2 is 2.04 bits per heavy atom. The molecule has 2 atom stereocenters. The molecule has 2 aromatic rings. The van der Waals surface area contributed by atoms with Gasteiger partial charge in [-0.25, -0.2) is 0 Å². The summed E-state index contributed by atoms with van der Waals surface area (Å²) in [4.78, 5) is 14.2. The summed E-state index contributed by atoms with van der Waals surface area (Å²) in [5, 5.41) is 4.09. The maximum Gasteiger partial charge on any atom is 0.416 e. The van der Waals surface area contributed by atoms with Gasteiger partial charge in [0.2, 0.25) is 0 Å². The number of carbonyl (C=O) groups excluding carboxylic acids is 1. The highest BCUT2D eigenvalue weighted by atomic mass is 32.2. The first-order valence-corrected chi connectivity index (χ1v) is 9.66. The number of amides is 1. The fourth-order valence-electron chi connectivity index (χ4n) is 2.86. The van der Waals surface area contributed by atoms with E-state index in [1.54, 1.807) is 29.0 Å². The highest BCUT2D eigenvalue weighted by molar-refractivity contribution is 7.85. The van der Waals surface area contributed by atoms with E-state index in [-0.39, 0.29) is 24.3 Å². The lowest BCUT2D eigenvalue weighted by molar-refractivity contribution is -0.138. The van der Waals surface area contributed by atoms with Crippen LogP contribution in [0.3, 0.4) is 0 Å². The van der Waals surface area contributed by atoms with Crippen LogP contribution in [0.25, 0.3) is 0 Å².